The number of fused-ring (bicyclic) bond motifs is 1. The van der Waals surface area contributed by atoms with Crippen LogP contribution in [-0.4, -0.2) is 10.9 Å². The van der Waals surface area contributed by atoms with E-state index in [1.807, 2.05) is 44.2 Å². The predicted octanol–water partition coefficient (Wildman–Crippen LogP) is 5.27. The number of hydrogen-bond donors (Lipinski definition) is 2. The minimum Gasteiger partial charge on any atom is -0.358 e. The Kier molecular flexibility index (Phi) is 4.33. The van der Waals surface area contributed by atoms with Crippen molar-refractivity contribution in [2.24, 2.45) is 0 Å². The van der Waals surface area contributed by atoms with Gasteiger partial charge in [0.05, 0.1) is 6.42 Å². The summed E-state index contributed by atoms with van der Waals surface area (Å²) in [5.74, 6) is -0.0839. The molecule has 0 saturated heterocycles. The van der Waals surface area contributed by atoms with Crippen LogP contribution < -0.4 is 5.32 Å². The number of benzene rings is 2. The number of anilines is 1. The molecule has 0 aliphatic carbocycles. The van der Waals surface area contributed by atoms with Gasteiger partial charge in [0.1, 0.15) is 0 Å². The Hall–Kier alpha value is -1.97. The molecule has 2 aromatic carbocycles. The van der Waals surface area contributed by atoms with E-state index < -0.39 is 0 Å². The first-order valence-corrected chi connectivity index (χ1v) is 8.03. The molecule has 0 saturated carbocycles. The molecule has 0 spiro atoms. The van der Waals surface area contributed by atoms with Crippen molar-refractivity contribution in [1.29, 1.82) is 0 Å². The highest BCUT2D eigenvalue weighted by atomic mass is 35.5. The molecular weight excluding hydrogens is 331 g/mol. The monoisotopic (exact) mass is 346 g/mol. The molecule has 1 aromatic heterocycles. The van der Waals surface area contributed by atoms with Crippen molar-refractivity contribution in [3.8, 4) is 0 Å². The zero-order chi connectivity index (χ0) is 16.6. The molecule has 0 fully saturated rings. The molecule has 5 heteroatoms. The van der Waals surface area contributed by atoms with Crippen LogP contribution in [0.4, 0.5) is 5.69 Å². The van der Waals surface area contributed by atoms with Gasteiger partial charge in [-0.05, 0) is 55.3 Å². The smallest absolute Gasteiger partial charge is 0.228 e. The molecule has 0 unspecified atom stereocenters. The Morgan fingerprint density at radius 1 is 1.17 bits per heavy atom. The van der Waals surface area contributed by atoms with Crippen LogP contribution in [0.15, 0.2) is 36.4 Å². The van der Waals surface area contributed by atoms with Crippen molar-refractivity contribution in [2.75, 3.05) is 5.32 Å². The van der Waals surface area contributed by atoms with Gasteiger partial charge in [-0.25, -0.2) is 0 Å². The number of amides is 1. The molecule has 3 nitrogen and oxygen atoms in total. The van der Waals surface area contributed by atoms with Crippen LogP contribution in [0, 0.1) is 13.8 Å². The Balaban J connectivity index is 1.87. The third kappa shape index (κ3) is 3.21. The molecule has 2 N–H and O–H groups in total. The van der Waals surface area contributed by atoms with Crippen LogP contribution in [0.1, 0.15) is 16.8 Å². The Labute approximate surface area is 144 Å². The second-order valence-electron chi connectivity index (χ2n) is 5.56. The maximum Gasteiger partial charge on any atom is 0.228 e. The standard InChI is InChI=1S/C18H16Cl2N2O/c1-10-15(20)4-3-5-16(10)22-18(23)9-13-11(2)21-17-7-6-12(19)8-14(13)17/h3-8,21H,9H2,1-2H3,(H,22,23). The Morgan fingerprint density at radius 2 is 1.96 bits per heavy atom. The molecule has 3 rings (SSSR count). The predicted molar refractivity (Wildman–Crippen MR) is 96.6 cm³/mol. The van der Waals surface area contributed by atoms with Gasteiger partial charge < -0.3 is 10.3 Å². The Morgan fingerprint density at radius 3 is 2.74 bits per heavy atom. The summed E-state index contributed by atoms with van der Waals surface area (Å²) < 4.78 is 0. The van der Waals surface area contributed by atoms with Crippen molar-refractivity contribution in [3.05, 3.63) is 63.3 Å². The van der Waals surface area contributed by atoms with Gasteiger partial charge >= 0.3 is 0 Å². The van der Waals surface area contributed by atoms with E-state index in [2.05, 4.69) is 10.3 Å². The lowest BCUT2D eigenvalue weighted by Crippen LogP contribution is -2.15. The van der Waals surface area contributed by atoms with Gasteiger partial charge in [-0.15, -0.1) is 0 Å². The first-order chi connectivity index (χ1) is 11.0. The minimum atomic E-state index is -0.0839. The maximum absolute atomic E-state index is 12.4. The van der Waals surface area contributed by atoms with Crippen LogP contribution in [0.2, 0.25) is 10.0 Å². The third-order valence-electron chi connectivity index (χ3n) is 3.96. The summed E-state index contributed by atoms with van der Waals surface area (Å²) in [5, 5.41) is 5.20. The molecule has 0 atom stereocenters. The van der Waals surface area contributed by atoms with E-state index in [9.17, 15) is 4.79 Å². The number of carbonyl (C=O) groups excluding carboxylic acids is 1. The van der Waals surface area contributed by atoms with Crippen molar-refractivity contribution in [1.82, 2.24) is 4.98 Å². The van der Waals surface area contributed by atoms with Crippen molar-refractivity contribution in [2.45, 2.75) is 20.3 Å². The van der Waals surface area contributed by atoms with Gasteiger partial charge in [0.25, 0.3) is 0 Å². The summed E-state index contributed by atoms with van der Waals surface area (Å²) in [6, 6.07) is 11.1. The SMILES string of the molecule is Cc1[nH]c2ccc(Cl)cc2c1CC(=O)Nc1cccc(Cl)c1C. The minimum absolute atomic E-state index is 0.0839. The molecule has 0 aliphatic rings. The maximum atomic E-state index is 12.4. The van der Waals surface area contributed by atoms with Crippen molar-refractivity contribution < 1.29 is 4.79 Å². The fourth-order valence-electron chi connectivity index (χ4n) is 2.68. The lowest BCUT2D eigenvalue weighted by Gasteiger charge is -2.09. The summed E-state index contributed by atoms with van der Waals surface area (Å²) in [4.78, 5) is 15.7. The topological polar surface area (TPSA) is 44.9 Å². The summed E-state index contributed by atoms with van der Waals surface area (Å²) in [5.41, 5.74) is 4.51. The second-order valence-corrected chi connectivity index (χ2v) is 6.40. The summed E-state index contributed by atoms with van der Waals surface area (Å²) >= 11 is 12.2. The lowest BCUT2D eigenvalue weighted by atomic mass is 10.1. The number of H-pyrrole nitrogens is 1. The van der Waals surface area contributed by atoms with Crippen LogP contribution in [-0.2, 0) is 11.2 Å². The number of aromatic nitrogens is 1. The van der Waals surface area contributed by atoms with Crippen LogP contribution in [0.5, 0.6) is 0 Å². The van der Waals surface area contributed by atoms with E-state index in [4.69, 9.17) is 23.2 Å². The largest absolute Gasteiger partial charge is 0.358 e. The summed E-state index contributed by atoms with van der Waals surface area (Å²) in [6.07, 6.45) is 0.276. The molecule has 1 amide bonds. The van der Waals surface area contributed by atoms with Crippen LogP contribution in [0.25, 0.3) is 10.9 Å². The fraction of sp³-hybridized carbons (Fsp3) is 0.167. The zero-order valence-electron chi connectivity index (χ0n) is 12.8. The summed E-state index contributed by atoms with van der Waals surface area (Å²) in [7, 11) is 0. The van der Waals surface area contributed by atoms with Gasteiger partial charge in [-0.2, -0.15) is 0 Å². The zero-order valence-corrected chi connectivity index (χ0v) is 14.3. The number of nitrogens with one attached hydrogen (secondary N) is 2. The molecule has 118 valence electrons. The number of aryl methyl sites for hydroxylation is 1. The first kappa shape index (κ1) is 15.9. The molecule has 0 aliphatic heterocycles. The normalized spacial score (nSPS) is 11.0. The molecule has 0 bridgehead atoms. The van der Waals surface area contributed by atoms with Gasteiger partial charge in [0.15, 0.2) is 0 Å². The van der Waals surface area contributed by atoms with E-state index in [-0.39, 0.29) is 12.3 Å². The summed E-state index contributed by atoms with van der Waals surface area (Å²) in [6.45, 7) is 3.84. The number of halogens is 2. The van der Waals surface area contributed by atoms with E-state index in [1.54, 1.807) is 6.07 Å². The molecule has 0 radical (unpaired) electrons. The van der Waals surface area contributed by atoms with Gasteiger partial charge in [0.2, 0.25) is 5.91 Å². The quantitative estimate of drug-likeness (QED) is 0.666. The number of aromatic amines is 1. The van der Waals surface area contributed by atoms with Gasteiger partial charge in [-0.1, -0.05) is 29.3 Å². The van der Waals surface area contributed by atoms with Crippen molar-refractivity contribution >= 4 is 45.7 Å². The van der Waals surface area contributed by atoms with Crippen molar-refractivity contribution in [3.63, 3.8) is 0 Å². The average Bonchev–Trinajstić information content (AvgIpc) is 2.80. The number of hydrogen-bond acceptors (Lipinski definition) is 1. The van der Waals surface area contributed by atoms with Gasteiger partial charge in [-0.3, -0.25) is 4.79 Å². The van der Waals surface area contributed by atoms with Gasteiger partial charge in [0, 0.05) is 32.3 Å². The molecule has 23 heavy (non-hydrogen) atoms. The molecular formula is C18H16Cl2N2O. The highest BCUT2D eigenvalue weighted by Crippen LogP contribution is 2.27. The second kappa shape index (κ2) is 6.26. The lowest BCUT2D eigenvalue weighted by molar-refractivity contribution is -0.115. The highest BCUT2D eigenvalue weighted by molar-refractivity contribution is 6.32. The third-order valence-corrected chi connectivity index (χ3v) is 4.61. The first-order valence-electron chi connectivity index (χ1n) is 7.27. The Bertz CT molecular complexity index is 899. The van der Waals surface area contributed by atoms with E-state index in [0.717, 1.165) is 33.4 Å². The fourth-order valence-corrected chi connectivity index (χ4v) is 3.03. The molecule has 1 heterocycles. The van der Waals surface area contributed by atoms with Crippen LogP contribution >= 0.6 is 23.2 Å². The number of rotatable bonds is 3. The average molecular weight is 347 g/mol. The van der Waals surface area contributed by atoms with E-state index in [0.29, 0.717) is 10.0 Å². The number of carbonyl (C=O) groups is 1. The molecule has 3 aromatic rings. The van der Waals surface area contributed by atoms with E-state index in [1.165, 1.54) is 0 Å². The van der Waals surface area contributed by atoms with Crippen LogP contribution in [0.3, 0.4) is 0 Å². The van der Waals surface area contributed by atoms with E-state index >= 15 is 0 Å². The highest BCUT2D eigenvalue weighted by Gasteiger charge is 2.14.